The number of nitrogens with zero attached hydrogens (tertiary/aromatic N) is 2. The highest BCUT2D eigenvalue weighted by atomic mass is 32.2. The van der Waals surface area contributed by atoms with Crippen molar-refractivity contribution in [2.75, 3.05) is 12.4 Å². The van der Waals surface area contributed by atoms with Gasteiger partial charge >= 0.3 is 5.97 Å². The zero-order valence-electron chi connectivity index (χ0n) is 10.3. The molecule has 0 aliphatic rings. The van der Waals surface area contributed by atoms with E-state index in [0.29, 0.717) is 18.3 Å². The van der Waals surface area contributed by atoms with E-state index in [2.05, 4.69) is 4.98 Å². The first-order valence-corrected chi connectivity index (χ1v) is 6.55. The second-order valence-corrected chi connectivity index (χ2v) is 4.59. The van der Waals surface area contributed by atoms with E-state index in [1.807, 2.05) is 13.8 Å². The van der Waals surface area contributed by atoms with E-state index >= 15 is 0 Å². The third kappa shape index (κ3) is 4.89. The van der Waals surface area contributed by atoms with Gasteiger partial charge in [0.1, 0.15) is 0 Å². The molecular formula is C11H16N2O4S. The molecule has 1 aromatic heterocycles. The summed E-state index contributed by atoms with van der Waals surface area (Å²) in [6.45, 7) is 4.95. The van der Waals surface area contributed by atoms with Crippen molar-refractivity contribution in [3.8, 4) is 0 Å². The lowest BCUT2D eigenvalue weighted by Crippen LogP contribution is -2.21. The van der Waals surface area contributed by atoms with Gasteiger partial charge in [-0.3, -0.25) is 9.59 Å². The van der Waals surface area contributed by atoms with Crippen LogP contribution in [0.15, 0.2) is 22.2 Å². The number of rotatable bonds is 7. The lowest BCUT2D eigenvalue weighted by molar-refractivity contribution is -0.133. The fraction of sp³-hybridized carbons (Fsp3) is 0.545. The number of carboxylic acids is 1. The van der Waals surface area contributed by atoms with E-state index in [9.17, 15) is 9.59 Å². The van der Waals surface area contributed by atoms with E-state index in [-0.39, 0.29) is 17.4 Å². The van der Waals surface area contributed by atoms with E-state index in [4.69, 9.17) is 9.84 Å². The van der Waals surface area contributed by atoms with Gasteiger partial charge in [-0.05, 0) is 13.8 Å². The molecule has 0 saturated carbocycles. The summed E-state index contributed by atoms with van der Waals surface area (Å²) in [5.74, 6) is -1.07. The van der Waals surface area contributed by atoms with Crippen LogP contribution < -0.4 is 5.56 Å². The van der Waals surface area contributed by atoms with Crippen LogP contribution in [0.1, 0.15) is 13.8 Å². The Kier molecular flexibility index (Phi) is 5.87. The maximum absolute atomic E-state index is 11.2. The standard InChI is InChI=1S/C11H16N2O4S/c1-3-17-8(2)6-13-5-4-9(14)12-11(13)18-7-10(15)16/h4-5,8H,3,6-7H2,1-2H3,(H,15,16). The lowest BCUT2D eigenvalue weighted by Gasteiger charge is -2.16. The minimum absolute atomic E-state index is 0.0246. The van der Waals surface area contributed by atoms with E-state index in [1.54, 1.807) is 10.8 Å². The highest BCUT2D eigenvalue weighted by Gasteiger charge is 2.09. The Morgan fingerprint density at radius 2 is 2.39 bits per heavy atom. The van der Waals surface area contributed by atoms with Gasteiger partial charge in [-0.1, -0.05) is 11.8 Å². The summed E-state index contributed by atoms with van der Waals surface area (Å²) < 4.78 is 7.14. The third-order valence-corrected chi connectivity index (χ3v) is 3.05. The van der Waals surface area contributed by atoms with Gasteiger partial charge in [-0.2, -0.15) is 4.98 Å². The Morgan fingerprint density at radius 1 is 1.67 bits per heavy atom. The fourth-order valence-electron chi connectivity index (χ4n) is 1.41. The van der Waals surface area contributed by atoms with Gasteiger partial charge < -0.3 is 14.4 Å². The van der Waals surface area contributed by atoms with Gasteiger partial charge in [-0.15, -0.1) is 0 Å². The molecular weight excluding hydrogens is 256 g/mol. The van der Waals surface area contributed by atoms with Crippen molar-refractivity contribution in [1.82, 2.24) is 9.55 Å². The number of aromatic nitrogens is 2. The molecule has 1 N–H and O–H groups in total. The number of carbonyl (C=O) groups is 1. The molecule has 0 bridgehead atoms. The molecule has 1 unspecified atom stereocenters. The van der Waals surface area contributed by atoms with Gasteiger partial charge in [-0.25, -0.2) is 0 Å². The number of carboxylic acid groups (broad SMARTS) is 1. The molecule has 0 aliphatic heterocycles. The lowest BCUT2D eigenvalue weighted by atomic mass is 10.4. The van der Waals surface area contributed by atoms with Gasteiger partial charge in [0.05, 0.1) is 18.4 Å². The van der Waals surface area contributed by atoms with Gasteiger partial charge in [0.15, 0.2) is 5.16 Å². The molecule has 0 amide bonds. The number of hydrogen-bond acceptors (Lipinski definition) is 5. The molecule has 0 spiro atoms. The van der Waals surface area contributed by atoms with Gasteiger partial charge in [0.2, 0.25) is 0 Å². The van der Waals surface area contributed by atoms with Crippen molar-refractivity contribution in [1.29, 1.82) is 0 Å². The van der Waals surface area contributed by atoms with Gasteiger partial charge in [0, 0.05) is 18.9 Å². The van der Waals surface area contributed by atoms with E-state index < -0.39 is 5.97 Å². The topological polar surface area (TPSA) is 81.4 Å². The quantitative estimate of drug-likeness (QED) is 0.585. The second-order valence-electron chi connectivity index (χ2n) is 3.65. The minimum Gasteiger partial charge on any atom is -0.481 e. The first kappa shape index (κ1) is 14.7. The summed E-state index contributed by atoms with van der Waals surface area (Å²) in [7, 11) is 0. The van der Waals surface area contributed by atoms with Crippen molar-refractivity contribution in [3.05, 3.63) is 22.6 Å². The van der Waals surface area contributed by atoms with Crippen LogP contribution in [0.3, 0.4) is 0 Å². The highest BCUT2D eigenvalue weighted by molar-refractivity contribution is 7.99. The molecule has 0 fully saturated rings. The van der Waals surface area contributed by atoms with Crippen LogP contribution in [0.5, 0.6) is 0 Å². The van der Waals surface area contributed by atoms with Gasteiger partial charge in [0.25, 0.3) is 5.56 Å². The predicted molar refractivity (Wildman–Crippen MR) is 67.9 cm³/mol. The SMILES string of the molecule is CCOC(C)Cn1ccc(=O)nc1SCC(=O)O. The number of thioether (sulfide) groups is 1. The zero-order valence-corrected chi connectivity index (χ0v) is 11.1. The van der Waals surface area contributed by atoms with Crippen molar-refractivity contribution >= 4 is 17.7 Å². The summed E-state index contributed by atoms with van der Waals surface area (Å²) in [6, 6.07) is 1.35. The summed E-state index contributed by atoms with van der Waals surface area (Å²) in [4.78, 5) is 25.5. The molecule has 6 nitrogen and oxygen atoms in total. The van der Waals surface area contributed by atoms with Crippen molar-refractivity contribution in [2.24, 2.45) is 0 Å². The Labute approximate surface area is 109 Å². The number of aliphatic carboxylic acids is 1. The molecule has 18 heavy (non-hydrogen) atoms. The normalized spacial score (nSPS) is 12.3. The highest BCUT2D eigenvalue weighted by Crippen LogP contribution is 2.14. The van der Waals surface area contributed by atoms with Crippen LogP contribution in [-0.4, -0.2) is 39.1 Å². The van der Waals surface area contributed by atoms with Crippen molar-refractivity contribution in [3.63, 3.8) is 0 Å². The molecule has 7 heteroatoms. The Hall–Kier alpha value is -1.34. The van der Waals surface area contributed by atoms with Crippen LogP contribution in [-0.2, 0) is 16.1 Å². The molecule has 0 aromatic carbocycles. The third-order valence-electron chi connectivity index (χ3n) is 2.08. The van der Waals surface area contributed by atoms with Crippen LogP contribution in [0, 0.1) is 0 Å². The number of hydrogen-bond donors (Lipinski definition) is 1. The van der Waals surface area contributed by atoms with Crippen LogP contribution in [0.2, 0.25) is 0 Å². The maximum atomic E-state index is 11.2. The fourth-order valence-corrected chi connectivity index (χ4v) is 2.12. The number of ether oxygens (including phenoxy) is 1. The average molecular weight is 272 g/mol. The summed E-state index contributed by atoms with van der Waals surface area (Å²) >= 11 is 1.03. The van der Waals surface area contributed by atoms with Crippen molar-refractivity contribution in [2.45, 2.75) is 31.7 Å². The maximum Gasteiger partial charge on any atom is 0.313 e. The van der Waals surface area contributed by atoms with E-state index in [1.165, 1.54) is 6.07 Å². The van der Waals surface area contributed by atoms with Crippen LogP contribution in [0.25, 0.3) is 0 Å². The van der Waals surface area contributed by atoms with Crippen LogP contribution >= 0.6 is 11.8 Å². The average Bonchev–Trinajstić information content (AvgIpc) is 2.29. The first-order valence-electron chi connectivity index (χ1n) is 5.56. The largest absolute Gasteiger partial charge is 0.481 e. The monoisotopic (exact) mass is 272 g/mol. The Balaban J connectivity index is 2.82. The molecule has 1 rings (SSSR count). The molecule has 0 saturated heterocycles. The molecule has 1 aromatic rings. The van der Waals surface area contributed by atoms with Crippen molar-refractivity contribution < 1.29 is 14.6 Å². The molecule has 0 aliphatic carbocycles. The molecule has 100 valence electrons. The van der Waals surface area contributed by atoms with Crippen LogP contribution in [0.4, 0.5) is 0 Å². The first-order chi connectivity index (χ1) is 8.52. The van der Waals surface area contributed by atoms with E-state index in [0.717, 1.165) is 11.8 Å². The second kappa shape index (κ2) is 7.17. The Bertz CT molecular complexity index is 461. The molecule has 1 heterocycles. The Morgan fingerprint density at radius 3 is 3.00 bits per heavy atom. The molecule has 0 radical (unpaired) electrons. The summed E-state index contributed by atoms with van der Waals surface area (Å²) in [6.07, 6.45) is 1.58. The smallest absolute Gasteiger partial charge is 0.313 e. The summed E-state index contributed by atoms with van der Waals surface area (Å²) in [5, 5.41) is 9.04. The molecule has 1 atom stereocenters. The summed E-state index contributed by atoms with van der Waals surface area (Å²) in [5.41, 5.74) is -0.372. The minimum atomic E-state index is -0.942. The zero-order chi connectivity index (χ0) is 13.5. The predicted octanol–water partition coefficient (Wildman–Crippen LogP) is 0.845.